The molecule has 16 heavy (non-hydrogen) atoms. The molecule has 2 aromatic rings. The number of hydrogen-bond donors (Lipinski definition) is 1. The van der Waals surface area contributed by atoms with Crippen molar-refractivity contribution in [3.63, 3.8) is 0 Å². The van der Waals surface area contributed by atoms with Gasteiger partial charge in [0.1, 0.15) is 6.10 Å². The molecule has 1 heterocycles. The lowest BCUT2D eigenvalue weighted by atomic mass is 10.0. The van der Waals surface area contributed by atoms with Crippen LogP contribution in [-0.4, -0.2) is 14.7 Å². The number of aliphatic hydroxyl groups excluding tert-OH is 1. The Bertz CT molecular complexity index is 459. The molecule has 3 heteroatoms. The van der Waals surface area contributed by atoms with Crippen LogP contribution in [0.5, 0.6) is 0 Å². The molecule has 0 spiro atoms. The van der Waals surface area contributed by atoms with Crippen molar-refractivity contribution < 1.29 is 5.11 Å². The second-order valence-electron chi connectivity index (χ2n) is 3.93. The van der Waals surface area contributed by atoms with Crippen molar-refractivity contribution in [2.75, 3.05) is 0 Å². The Balaban J connectivity index is 2.27. The van der Waals surface area contributed by atoms with Gasteiger partial charge in [0.2, 0.25) is 0 Å². The van der Waals surface area contributed by atoms with Gasteiger partial charge >= 0.3 is 0 Å². The van der Waals surface area contributed by atoms with Crippen molar-refractivity contribution in [3.05, 3.63) is 53.6 Å². The van der Waals surface area contributed by atoms with E-state index >= 15 is 0 Å². The third-order valence-corrected chi connectivity index (χ3v) is 2.84. The molecule has 0 radical (unpaired) electrons. The summed E-state index contributed by atoms with van der Waals surface area (Å²) in [5.41, 5.74) is 2.99. The fourth-order valence-electron chi connectivity index (χ4n) is 1.74. The van der Waals surface area contributed by atoms with Crippen LogP contribution in [-0.2, 0) is 13.5 Å². The Labute approximate surface area is 95.4 Å². The van der Waals surface area contributed by atoms with Crippen LogP contribution >= 0.6 is 0 Å². The SMILES string of the molecule is CCc1ccc(C(O)c2cncn2C)cc1. The van der Waals surface area contributed by atoms with Gasteiger partial charge in [0.15, 0.2) is 0 Å². The van der Waals surface area contributed by atoms with Gasteiger partial charge in [0, 0.05) is 7.05 Å². The molecular formula is C13H16N2O. The molecule has 0 amide bonds. The maximum absolute atomic E-state index is 10.2. The lowest BCUT2D eigenvalue weighted by Crippen LogP contribution is -2.04. The molecule has 1 atom stereocenters. The van der Waals surface area contributed by atoms with Crippen molar-refractivity contribution in [1.82, 2.24) is 9.55 Å². The molecule has 0 aliphatic carbocycles. The van der Waals surface area contributed by atoms with Gasteiger partial charge < -0.3 is 9.67 Å². The lowest BCUT2D eigenvalue weighted by molar-refractivity contribution is 0.211. The van der Waals surface area contributed by atoms with Crippen molar-refractivity contribution >= 4 is 0 Å². The van der Waals surface area contributed by atoms with Crippen molar-refractivity contribution in [1.29, 1.82) is 0 Å². The maximum Gasteiger partial charge on any atom is 0.121 e. The number of aryl methyl sites for hydroxylation is 2. The molecule has 1 aromatic heterocycles. The van der Waals surface area contributed by atoms with E-state index in [0.717, 1.165) is 17.7 Å². The molecule has 0 aliphatic rings. The van der Waals surface area contributed by atoms with Gasteiger partial charge in [0.05, 0.1) is 18.2 Å². The van der Waals surface area contributed by atoms with E-state index in [1.54, 1.807) is 12.5 Å². The van der Waals surface area contributed by atoms with Crippen LogP contribution in [0.15, 0.2) is 36.8 Å². The number of aromatic nitrogens is 2. The molecule has 0 bridgehead atoms. The molecular weight excluding hydrogens is 200 g/mol. The lowest BCUT2D eigenvalue weighted by Gasteiger charge is -2.11. The van der Waals surface area contributed by atoms with Crippen molar-refractivity contribution in [2.24, 2.45) is 7.05 Å². The number of nitrogens with zero attached hydrogens (tertiary/aromatic N) is 2. The van der Waals surface area contributed by atoms with E-state index in [4.69, 9.17) is 0 Å². The summed E-state index contributed by atoms with van der Waals surface area (Å²) < 4.78 is 1.83. The molecule has 0 saturated carbocycles. The summed E-state index contributed by atoms with van der Waals surface area (Å²) in [5, 5.41) is 10.2. The summed E-state index contributed by atoms with van der Waals surface area (Å²) >= 11 is 0. The summed E-state index contributed by atoms with van der Waals surface area (Å²) in [4.78, 5) is 4.00. The standard InChI is InChI=1S/C13H16N2O/c1-3-10-4-6-11(7-5-10)13(16)12-8-14-9-15(12)2/h4-9,13,16H,3H2,1-2H3. The fraction of sp³-hybridized carbons (Fsp3) is 0.308. The van der Waals surface area contributed by atoms with Crippen molar-refractivity contribution in [2.45, 2.75) is 19.4 Å². The Morgan fingerprint density at radius 3 is 2.50 bits per heavy atom. The van der Waals surface area contributed by atoms with Gasteiger partial charge in [-0.1, -0.05) is 31.2 Å². The average molecular weight is 216 g/mol. The highest BCUT2D eigenvalue weighted by molar-refractivity contribution is 5.28. The van der Waals surface area contributed by atoms with Crippen LogP contribution in [0.1, 0.15) is 29.8 Å². The van der Waals surface area contributed by atoms with E-state index in [0.29, 0.717) is 0 Å². The summed E-state index contributed by atoms with van der Waals surface area (Å²) in [5.74, 6) is 0. The van der Waals surface area contributed by atoms with Gasteiger partial charge in [-0.2, -0.15) is 0 Å². The highest BCUT2D eigenvalue weighted by Gasteiger charge is 2.13. The molecule has 0 saturated heterocycles. The molecule has 3 nitrogen and oxygen atoms in total. The molecule has 1 N–H and O–H groups in total. The van der Waals surface area contributed by atoms with E-state index in [1.165, 1.54) is 5.56 Å². The average Bonchev–Trinajstić information content (AvgIpc) is 2.75. The highest BCUT2D eigenvalue weighted by atomic mass is 16.3. The van der Waals surface area contributed by atoms with Gasteiger partial charge in [-0.3, -0.25) is 0 Å². The zero-order chi connectivity index (χ0) is 11.5. The molecule has 0 fully saturated rings. The first kappa shape index (κ1) is 10.9. The van der Waals surface area contributed by atoms with Crippen LogP contribution in [0.3, 0.4) is 0 Å². The number of hydrogen-bond acceptors (Lipinski definition) is 2. The number of aliphatic hydroxyl groups is 1. The van der Waals surface area contributed by atoms with Crippen LogP contribution in [0, 0.1) is 0 Å². The van der Waals surface area contributed by atoms with E-state index in [9.17, 15) is 5.11 Å². The minimum atomic E-state index is -0.599. The predicted octanol–water partition coefficient (Wildman–Crippen LogP) is 2.06. The number of imidazole rings is 1. The molecule has 0 aliphatic heterocycles. The summed E-state index contributed by atoms with van der Waals surface area (Å²) in [7, 11) is 1.88. The normalized spacial score (nSPS) is 12.7. The molecule has 84 valence electrons. The third-order valence-electron chi connectivity index (χ3n) is 2.84. The van der Waals surface area contributed by atoms with Crippen LogP contribution in [0.25, 0.3) is 0 Å². The van der Waals surface area contributed by atoms with Crippen LogP contribution in [0.4, 0.5) is 0 Å². The Kier molecular flexibility index (Phi) is 3.06. The van der Waals surface area contributed by atoms with Gasteiger partial charge in [-0.05, 0) is 17.5 Å². The zero-order valence-corrected chi connectivity index (χ0v) is 9.59. The largest absolute Gasteiger partial charge is 0.382 e. The highest BCUT2D eigenvalue weighted by Crippen LogP contribution is 2.21. The monoisotopic (exact) mass is 216 g/mol. The van der Waals surface area contributed by atoms with E-state index in [2.05, 4.69) is 24.0 Å². The van der Waals surface area contributed by atoms with Gasteiger partial charge in [-0.25, -0.2) is 4.98 Å². The predicted molar refractivity (Wildman–Crippen MR) is 63.1 cm³/mol. The van der Waals surface area contributed by atoms with Crippen LogP contribution in [0.2, 0.25) is 0 Å². The van der Waals surface area contributed by atoms with E-state index in [1.807, 2.05) is 23.7 Å². The zero-order valence-electron chi connectivity index (χ0n) is 9.59. The van der Waals surface area contributed by atoms with Gasteiger partial charge in [-0.15, -0.1) is 0 Å². The van der Waals surface area contributed by atoms with Crippen LogP contribution < -0.4 is 0 Å². The minimum Gasteiger partial charge on any atom is -0.382 e. The second kappa shape index (κ2) is 4.49. The van der Waals surface area contributed by atoms with Gasteiger partial charge in [0.25, 0.3) is 0 Å². The smallest absolute Gasteiger partial charge is 0.121 e. The van der Waals surface area contributed by atoms with Crippen molar-refractivity contribution in [3.8, 4) is 0 Å². The topological polar surface area (TPSA) is 38.1 Å². The Morgan fingerprint density at radius 2 is 2.00 bits per heavy atom. The summed E-state index contributed by atoms with van der Waals surface area (Å²) in [6, 6.07) is 8.04. The first-order chi connectivity index (χ1) is 7.72. The fourth-order valence-corrected chi connectivity index (χ4v) is 1.74. The van der Waals surface area contributed by atoms with E-state index < -0.39 is 6.10 Å². The molecule has 1 aromatic carbocycles. The number of rotatable bonds is 3. The summed E-state index contributed by atoms with van der Waals surface area (Å²) in [6.45, 7) is 2.12. The quantitative estimate of drug-likeness (QED) is 0.852. The Hall–Kier alpha value is -1.61. The minimum absolute atomic E-state index is 0.599. The molecule has 1 unspecified atom stereocenters. The number of benzene rings is 1. The first-order valence-electron chi connectivity index (χ1n) is 5.45. The maximum atomic E-state index is 10.2. The second-order valence-corrected chi connectivity index (χ2v) is 3.93. The molecule has 2 rings (SSSR count). The third kappa shape index (κ3) is 1.99. The van der Waals surface area contributed by atoms with E-state index in [-0.39, 0.29) is 0 Å². The first-order valence-corrected chi connectivity index (χ1v) is 5.45. The Morgan fingerprint density at radius 1 is 1.31 bits per heavy atom. The summed E-state index contributed by atoms with van der Waals surface area (Å²) in [6.07, 6.45) is 3.80.